The summed E-state index contributed by atoms with van der Waals surface area (Å²) >= 11 is 0. The van der Waals surface area contributed by atoms with E-state index < -0.39 is 10.0 Å². The Balaban J connectivity index is 1.62. The molecular formula is C30H40N4O5S. The molecule has 2 aromatic carbocycles. The lowest BCUT2D eigenvalue weighted by atomic mass is 9.88. The zero-order valence-corrected chi connectivity index (χ0v) is 24.9. The number of hydrogen-bond donors (Lipinski definition) is 0. The SMILES string of the molecule is CCOC(=O)CC(CCc1cn(C(C)C)nn1)c1ccc(C)c(CN2C[C@@H](CC)Oc3ccccc3S2(=O)=O)c1. The Hall–Kier alpha value is -3.24. The molecule has 4 rings (SSSR count). The minimum Gasteiger partial charge on any atom is -0.488 e. The molecule has 40 heavy (non-hydrogen) atoms. The molecule has 9 nitrogen and oxygen atoms in total. The lowest BCUT2D eigenvalue weighted by Gasteiger charge is -2.24. The molecule has 1 aliphatic heterocycles. The van der Waals surface area contributed by atoms with Gasteiger partial charge in [-0.25, -0.2) is 13.1 Å². The van der Waals surface area contributed by atoms with Gasteiger partial charge in [0.25, 0.3) is 0 Å². The molecule has 1 aliphatic rings. The summed E-state index contributed by atoms with van der Waals surface area (Å²) in [6.07, 6.45) is 3.95. The van der Waals surface area contributed by atoms with Gasteiger partial charge < -0.3 is 9.47 Å². The predicted octanol–water partition coefficient (Wildman–Crippen LogP) is 5.20. The molecular weight excluding hydrogens is 528 g/mol. The Bertz CT molecular complexity index is 1420. The maximum atomic E-state index is 13.7. The highest BCUT2D eigenvalue weighted by atomic mass is 32.2. The van der Waals surface area contributed by atoms with Crippen molar-refractivity contribution in [3.05, 3.63) is 71.0 Å². The molecule has 0 saturated heterocycles. The summed E-state index contributed by atoms with van der Waals surface area (Å²) in [6.45, 7) is 10.7. The van der Waals surface area contributed by atoms with Crippen LogP contribution < -0.4 is 4.74 Å². The largest absolute Gasteiger partial charge is 0.488 e. The summed E-state index contributed by atoms with van der Waals surface area (Å²) in [7, 11) is -3.77. The lowest BCUT2D eigenvalue weighted by molar-refractivity contribution is -0.143. The van der Waals surface area contributed by atoms with Crippen LogP contribution >= 0.6 is 0 Å². The number of nitrogens with zero attached hydrogens (tertiary/aromatic N) is 4. The van der Waals surface area contributed by atoms with E-state index in [0.717, 1.165) is 22.4 Å². The van der Waals surface area contributed by atoms with Crippen LogP contribution in [0.3, 0.4) is 0 Å². The molecule has 10 heteroatoms. The van der Waals surface area contributed by atoms with Crippen molar-refractivity contribution < 1.29 is 22.7 Å². The number of para-hydroxylation sites is 1. The molecule has 0 N–H and O–H groups in total. The van der Waals surface area contributed by atoms with Gasteiger partial charge in [0.2, 0.25) is 10.0 Å². The van der Waals surface area contributed by atoms with Gasteiger partial charge in [0, 0.05) is 18.8 Å². The van der Waals surface area contributed by atoms with E-state index in [1.165, 1.54) is 4.31 Å². The van der Waals surface area contributed by atoms with Gasteiger partial charge in [-0.05, 0) is 81.7 Å². The summed E-state index contributed by atoms with van der Waals surface area (Å²) in [4.78, 5) is 12.7. The van der Waals surface area contributed by atoms with Crippen molar-refractivity contribution in [3.63, 3.8) is 0 Å². The van der Waals surface area contributed by atoms with Crippen molar-refractivity contribution in [2.75, 3.05) is 13.2 Å². The molecule has 0 spiro atoms. The molecule has 2 atom stereocenters. The Labute approximate surface area is 237 Å². The van der Waals surface area contributed by atoms with E-state index in [1.54, 1.807) is 31.2 Å². The Morgan fingerprint density at radius 3 is 2.65 bits per heavy atom. The van der Waals surface area contributed by atoms with E-state index in [4.69, 9.17) is 9.47 Å². The Morgan fingerprint density at radius 1 is 1.18 bits per heavy atom. The van der Waals surface area contributed by atoms with E-state index in [0.29, 0.717) is 31.6 Å². The number of carbonyl (C=O) groups excluding carboxylic acids is 1. The van der Waals surface area contributed by atoms with Gasteiger partial charge in [-0.2, -0.15) is 4.31 Å². The van der Waals surface area contributed by atoms with Crippen LogP contribution in [-0.2, 0) is 32.5 Å². The van der Waals surface area contributed by atoms with Crippen LogP contribution in [0.1, 0.15) is 81.3 Å². The van der Waals surface area contributed by atoms with Crippen LogP contribution in [0.4, 0.5) is 0 Å². The molecule has 0 saturated carbocycles. The third kappa shape index (κ3) is 6.90. The van der Waals surface area contributed by atoms with E-state index in [2.05, 4.69) is 10.3 Å². The monoisotopic (exact) mass is 568 g/mol. The van der Waals surface area contributed by atoms with E-state index in [-0.39, 0.29) is 48.4 Å². The van der Waals surface area contributed by atoms with Crippen LogP contribution in [0.5, 0.6) is 5.75 Å². The van der Waals surface area contributed by atoms with E-state index in [1.807, 2.05) is 56.8 Å². The summed E-state index contributed by atoms with van der Waals surface area (Å²) in [5, 5.41) is 8.50. The van der Waals surface area contributed by atoms with Crippen molar-refractivity contribution >= 4 is 16.0 Å². The molecule has 0 amide bonds. The van der Waals surface area contributed by atoms with Crippen molar-refractivity contribution in [1.29, 1.82) is 0 Å². The smallest absolute Gasteiger partial charge is 0.306 e. The first-order chi connectivity index (χ1) is 19.1. The van der Waals surface area contributed by atoms with Gasteiger partial charge in [-0.15, -0.1) is 5.10 Å². The summed E-state index contributed by atoms with van der Waals surface area (Å²) in [5.41, 5.74) is 3.73. The average Bonchev–Trinajstić information content (AvgIpc) is 3.37. The van der Waals surface area contributed by atoms with Crippen LogP contribution in [-0.4, -0.2) is 52.9 Å². The zero-order valence-electron chi connectivity index (χ0n) is 24.0. The molecule has 2 heterocycles. The van der Waals surface area contributed by atoms with E-state index in [9.17, 15) is 13.2 Å². The highest BCUT2D eigenvalue weighted by Crippen LogP contribution is 2.34. The predicted molar refractivity (Wildman–Crippen MR) is 153 cm³/mol. The van der Waals surface area contributed by atoms with Crippen LogP contribution in [0.25, 0.3) is 0 Å². The van der Waals surface area contributed by atoms with Gasteiger partial charge in [0.05, 0.1) is 25.3 Å². The Morgan fingerprint density at radius 2 is 1.95 bits per heavy atom. The molecule has 1 aromatic heterocycles. The molecule has 0 radical (unpaired) electrons. The Kier molecular flexibility index (Phi) is 9.63. The maximum Gasteiger partial charge on any atom is 0.306 e. The fraction of sp³-hybridized carbons (Fsp3) is 0.500. The first-order valence-corrected chi connectivity index (χ1v) is 15.5. The quantitative estimate of drug-likeness (QED) is 0.293. The van der Waals surface area contributed by atoms with Gasteiger partial charge in [0.1, 0.15) is 16.7 Å². The number of rotatable bonds is 11. The first-order valence-electron chi connectivity index (χ1n) is 14.0. The first kappa shape index (κ1) is 29.7. The second-order valence-corrected chi connectivity index (χ2v) is 12.5. The van der Waals surface area contributed by atoms with Crippen LogP contribution in [0, 0.1) is 6.92 Å². The molecule has 216 valence electrons. The summed E-state index contributed by atoms with van der Waals surface area (Å²) in [6, 6.07) is 13.1. The second kappa shape index (κ2) is 13.0. The lowest BCUT2D eigenvalue weighted by Crippen LogP contribution is -2.36. The number of esters is 1. The number of ether oxygens (including phenoxy) is 2. The van der Waals surface area contributed by atoms with Crippen LogP contribution in [0.15, 0.2) is 53.6 Å². The van der Waals surface area contributed by atoms with Gasteiger partial charge in [0.15, 0.2) is 0 Å². The zero-order chi connectivity index (χ0) is 28.9. The molecule has 3 aromatic rings. The normalized spacial score (nSPS) is 17.6. The molecule has 0 aliphatic carbocycles. The molecule has 1 unspecified atom stereocenters. The average molecular weight is 569 g/mol. The highest BCUT2D eigenvalue weighted by Gasteiger charge is 2.34. The number of sulfonamides is 1. The number of fused-ring (bicyclic) bond motifs is 1. The van der Waals surface area contributed by atoms with Crippen molar-refractivity contribution in [1.82, 2.24) is 19.3 Å². The van der Waals surface area contributed by atoms with E-state index >= 15 is 0 Å². The van der Waals surface area contributed by atoms with Gasteiger partial charge >= 0.3 is 5.97 Å². The number of carbonyl (C=O) groups is 1. The third-order valence-corrected chi connectivity index (χ3v) is 9.22. The minimum atomic E-state index is -3.77. The van der Waals surface area contributed by atoms with Crippen LogP contribution in [0.2, 0.25) is 0 Å². The van der Waals surface area contributed by atoms with Gasteiger partial charge in [-0.1, -0.05) is 42.5 Å². The summed E-state index contributed by atoms with van der Waals surface area (Å²) < 4.78 is 42.1. The van der Waals surface area contributed by atoms with Gasteiger partial charge in [-0.3, -0.25) is 4.79 Å². The highest BCUT2D eigenvalue weighted by molar-refractivity contribution is 7.89. The number of aromatic nitrogens is 3. The number of hydrogen-bond acceptors (Lipinski definition) is 7. The standard InChI is InChI=1S/C30H40N4O5S/c1-6-27-20-33(40(36,37)29-11-9-8-10-28(29)39-27)18-25-16-23(13-12-22(25)5)24(17-30(35)38-7-2)14-15-26-19-34(21(3)4)32-31-26/h8-13,16,19,21,24,27H,6-7,14-15,17-18,20H2,1-5H3/t24?,27-/m1/s1. The second-order valence-electron chi connectivity index (χ2n) is 10.6. The summed E-state index contributed by atoms with van der Waals surface area (Å²) in [5.74, 6) is 0.0251. The topological polar surface area (TPSA) is 104 Å². The third-order valence-electron chi connectivity index (χ3n) is 7.37. The minimum absolute atomic E-state index is 0.115. The van der Waals surface area contributed by atoms with Crippen molar-refractivity contribution in [3.8, 4) is 5.75 Å². The molecule has 0 fully saturated rings. The fourth-order valence-electron chi connectivity index (χ4n) is 4.92. The van der Waals surface area contributed by atoms with Crippen molar-refractivity contribution in [2.45, 2.75) is 89.8 Å². The molecule has 0 bridgehead atoms. The number of aryl methyl sites for hydroxylation is 2. The van der Waals surface area contributed by atoms with Crippen molar-refractivity contribution in [2.24, 2.45) is 0 Å². The maximum absolute atomic E-state index is 13.7. The number of benzene rings is 2. The fourth-order valence-corrected chi connectivity index (χ4v) is 6.49.